The van der Waals surface area contributed by atoms with Gasteiger partial charge < -0.3 is 14.2 Å². The third-order valence-electron chi connectivity index (χ3n) is 5.40. The van der Waals surface area contributed by atoms with Crippen molar-refractivity contribution in [1.29, 1.82) is 0 Å². The fourth-order valence-electron chi connectivity index (χ4n) is 3.91. The number of rotatable bonds is 7. The summed E-state index contributed by atoms with van der Waals surface area (Å²) in [6, 6.07) is 10.4. The van der Waals surface area contributed by atoms with Crippen LogP contribution in [0.15, 0.2) is 41.3 Å². The van der Waals surface area contributed by atoms with E-state index in [0.29, 0.717) is 23.7 Å². The lowest BCUT2D eigenvalue weighted by Crippen LogP contribution is -2.29. The maximum atomic E-state index is 12.9. The highest BCUT2D eigenvalue weighted by atomic mass is 32.2. The summed E-state index contributed by atoms with van der Waals surface area (Å²) in [5.74, 6) is 1.49. The van der Waals surface area contributed by atoms with Crippen LogP contribution in [0, 0.1) is 6.92 Å². The molecule has 6 nitrogen and oxygen atoms in total. The molecule has 0 aliphatic heterocycles. The molecule has 2 aromatic carbocycles. The van der Waals surface area contributed by atoms with Gasteiger partial charge in [0.15, 0.2) is 11.5 Å². The number of hydrogen-bond acceptors (Lipinski definition) is 6. The van der Waals surface area contributed by atoms with Gasteiger partial charge in [-0.15, -0.1) is 0 Å². The Morgan fingerprint density at radius 3 is 2.10 bits per heavy atom. The van der Waals surface area contributed by atoms with E-state index in [1.807, 2.05) is 19.1 Å². The Bertz CT molecular complexity index is 937. The molecule has 1 saturated carbocycles. The molecule has 0 spiro atoms. The van der Waals surface area contributed by atoms with Crippen molar-refractivity contribution < 1.29 is 26.8 Å². The highest BCUT2D eigenvalue weighted by molar-refractivity contribution is 7.86. The van der Waals surface area contributed by atoms with E-state index in [1.165, 1.54) is 0 Å². The predicted octanol–water partition coefficient (Wildman–Crippen LogP) is 4.45. The first kappa shape index (κ1) is 21.5. The first-order chi connectivity index (χ1) is 13.9. The highest BCUT2D eigenvalue weighted by Gasteiger charge is 2.35. The molecule has 2 atom stereocenters. The minimum Gasteiger partial charge on any atom is -0.493 e. The summed E-state index contributed by atoms with van der Waals surface area (Å²) in [5.41, 5.74) is 1.86. The molecule has 0 aromatic heterocycles. The highest BCUT2D eigenvalue weighted by Crippen LogP contribution is 2.47. The topological polar surface area (TPSA) is 71.1 Å². The van der Waals surface area contributed by atoms with Crippen LogP contribution in [0.4, 0.5) is 0 Å². The molecule has 0 radical (unpaired) electrons. The van der Waals surface area contributed by atoms with Crippen LogP contribution in [0.3, 0.4) is 0 Å². The van der Waals surface area contributed by atoms with Crippen molar-refractivity contribution in [3.8, 4) is 17.2 Å². The molecule has 0 amide bonds. The van der Waals surface area contributed by atoms with Gasteiger partial charge in [-0.1, -0.05) is 36.6 Å². The van der Waals surface area contributed by atoms with E-state index < -0.39 is 16.2 Å². The summed E-state index contributed by atoms with van der Waals surface area (Å²) >= 11 is 0. The molecule has 1 fully saturated rings. The lowest BCUT2D eigenvalue weighted by atomic mass is 9.81. The van der Waals surface area contributed by atoms with Crippen LogP contribution in [-0.2, 0) is 14.3 Å². The summed E-state index contributed by atoms with van der Waals surface area (Å²) in [6.07, 6.45) is 2.90. The first-order valence-electron chi connectivity index (χ1n) is 9.70. The molecule has 1 aliphatic rings. The van der Waals surface area contributed by atoms with Crippen LogP contribution < -0.4 is 14.2 Å². The molecule has 158 valence electrons. The SMILES string of the molecule is COc1ccc([C@H]2CCCC[C@H]2OS(=O)(=O)c2ccc(C)cc2)c(OC)c1OC. The van der Waals surface area contributed by atoms with Crippen LogP contribution in [-0.4, -0.2) is 35.9 Å². The molecule has 0 heterocycles. The van der Waals surface area contributed by atoms with E-state index in [2.05, 4.69) is 0 Å². The fraction of sp³-hybridized carbons (Fsp3) is 0.455. The van der Waals surface area contributed by atoms with Crippen LogP contribution in [0.5, 0.6) is 17.2 Å². The maximum Gasteiger partial charge on any atom is 0.297 e. The molecule has 0 saturated heterocycles. The predicted molar refractivity (Wildman–Crippen MR) is 111 cm³/mol. The van der Waals surface area contributed by atoms with Gasteiger partial charge in [0, 0.05) is 11.5 Å². The van der Waals surface area contributed by atoms with Gasteiger partial charge in [-0.2, -0.15) is 8.42 Å². The Hall–Kier alpha value is -2.25. The normalized spacial score (nSPS) is 19.6. The quantitative estimate of drug-likeness (QED) is 0.616. The third-order valence-corrected chi connectivity index (χ3v) is 6.75. The zero-order valence-electron chi connectivity index (χ0n) is 17.3. The molecule has 7 heteroatoms. The second kappa shape index (κ2) is 9.05. The van der Waals surface area contributed by atoms with E-state index >= 15 is 0 Å². The lowest BCUT2D eigenvalue weighted by molar-refractivity contribution is 0.135. The minimum atomic E-state index is -3.86. The molecule has 0 unspecified atom stereocenters. The number of ether oxygens (including phenoxy) is 3. The molecule has 1 aliphatic carbocycles. The van der Waals surface area contributed by atoms with Gasteiger partial charge in [0.25, 0.3) is 10.1 Å². The first-order valence-corrected chi connectivity index (χ1v) is 11.1. The Morgan fingerprint density at radius 2 is 1.48 bits per heavy atom. The van der Waals surface area contributed by atoms with Crippen LogP contribution in [0.25, 0.3) is 0 Å². The van der Waals surface area contributed by atoms with Crippen molar-refractivity contribution in [1.82, 2.24) is 0 Å². The summed E-state index contributed by atoms with van der Waals surface area (Å²) in [4.78, 5) is 0.173. The molecule has 29 heavy (non-hydrogen) atoms. The molecule has 0 N–H and O–H groups in total. The molecule has 2 aromatic rings. The average Bonchev–Trinajstić information content (AvgIpc) is 2.73. The molecule has 0 bridgehead atoms. The van der Waals surface area contributed by atoms with E-state index in [9.17, 15) is 8.42 Å². The zero-order chi connectivity index (χ0) is 21.0. The monoisotopic (exact) mass is 420 g/mol. The molecule has 3 rings (SSSR count). The van der Waals surface area contributed by atoms with Crippen molar-refractivity contribution in [2.75, 3.05) is 21.3 Å². The number of aryl methyl sites for hydroxylation is 1. The van der Waals surface area contributed by atoms with Gasteiger partial charge in [0.05, 0.1) is 32.3 Å². The second-order valence-corrected chi connectivity index (χ2v) is 8.79. The summed E-state index contributed by atoms with van der Waals surface area (Å²) in [7, 11) is 0.833. The van der Waals surface area contributed by atoms with Gasteiger partial charge in [-0.05, 0) is 38.0 Å². The van der Waals surface area contributed by atoms with Crippen molar-refractivity contribution in [3.05, 3.63) is 47.5 Å². The Balaban J connectivity index is 1.95. The Kier molecular flexibility index (Phi) is 6.70. The number of hydrogen-bond donors (Lipinski definition) is 0. The van der Waals surface area contributed by atoms with E-state index in [0.717, 1.165) is 30.4 Å². The maximum absolute atomic E-state index is 12.9. The number of benzene rings is 2. The van der Waals surface area contributed by atoms with Crippen LogP contribution >= 0.6 is 0 Å². The van der Waals surface area contributed by atoms with Crippen molar-refractivity contribution in [2.24, 2.45) is 0 Å². The van der Waals surface area contributed by atoms with E-state index in [-0.39, 0.29) is 10.8 Å². The standard InChI is InChI=1S/C22H28O6S/c1-15-9-11-16(12-10-15)29(23,24)28-19-8-6-5-7-17(19)18-13-14-20(25-2)22(27-4)21(18)26-3/h9-14,17,19H,5-8H2,1-4H3/t17-,19-/m1/s1. The molecular weight excluding hydrogens is 392 g/mol. The van der Waals surface area contributed by atoms with E-state index in [4.69, 9.17) is 18.4 Å². The van der Waals surface area contributed by atoms with Crippen molar-refractivity contribution in [2.45, 2.75) is 49.5 Å². The summed E-state index contributed by atoms with van der Waals surface area (Å²) < 4.78 is 48.0. The lowest BCUT2D eigenvalue weighted by Gasteiger charge is -2.32. The number of methoxy groups -OCH3 is 3. The van der Waals surface area contributed by atoms with Crippen molar-refractivity contribution >= 4 is 10.1 Å². The van der Waals surface area contributed by atoms with Crippen LogP contribution in [0.1, 0.15) is 42.7 Å². The van der Waals surface area contributed by atoms with Gasteiger partial charge in [-0.25, -0.2) is 0 Å². The Morgan fingerprint density at radius 1 is 0.828 bits per heavy atom. The minimum absolute atomic E-state index is 0.126. The summed E-state index contributed by atoms with van der Waals surface area (Å²) in [5, 5.41) is 0. The average molecular weight is 421 g/mol. The van der Waals surface area contributed by atoms with Gasteiger partial charge >= 0.3 is 0 Å². The van der Waals surface area contributed by atoms with Crippen molar-refractivity contribution in [3.63, 3.8) is 0 Å². The zero-order valence-corrected chi connectivity index (χ0v) is 18.1. The van der Waals surface area contributed by atoms with Gasteiger partial charge in [0.1, 0.15) is 0 Å². The van der Waals surface area contributed by atoms with Gasteiger partial charge in [0.2, 0.25) is 5.75 Å². The second-order valence-electron chi connectivity index (χ2n) is 7.22. The smallest absolute Gasteiger partial charge is 0.297 e. The summed E-state index contributed by atoms with van der Waals surface area (Å²) in [6.45, 7) is 1.91. The van der Waals surface area contributed by atoms with E-state index in [1.54, 1.807) is 45.6 Å². The molecular formula is C22H28O6S. The fourth-order valence-corrected chi connectivity index (χ4v) is 5.04. The Labute approximate surface area is 172 Å². The third kappa shape index (κ3) is 4.51. The largest absolute Gasteiger partial charge is 0.493 e. The van der Waals surface area contributed by atoms with Gasteiger partial charge in [-0.3, -0.25) is 4.18 Å². The van der Waals surface area contributed by atoms with Crippen LogP contribution in [0.2, 0.25) is 0 Å².